The van der Waals surface area contributed by atoms with Crippen LogP contribution in [0.15, 0.2) is 12.5 Å². The molecule has 0 unspecified atom stereocenters. The van der Waals surface area contributed by atoms with Gasteiger partial charge in [0.15, 0.2) is 5.82 Å². The number of nitrogens with one attached hydrogen (secondary N) is 3. The predicted molar refractivity (Wildman–Crippen MR) is 82.1 cm³/mol. The van der Waals surface area contributed by atoms with Gasteiger partial charge in [-0.15, -0.1) is 11.3 Å². The van der Waals surface area contributed by atoms with Gasteiger partial charge in [-0.1, -0.05) is 0 Å². The van der Waals surface area contributed by atoms with Crippen molar-refractivity contribution in [2.24, 2.45) is 0 Å². The minimum atomic E-state index is -0.132. The van der Waals surface area contributed by atoms with Crippen molar-refractivity contribution >= 4 is 34.7 Å². The van der Waals surface area contributed by atoms with Gasteiger partial charge in [0.2, 0.25) is 5.91 Å². The Labute approximate surface area is 130 Å². The third-order valence-corrected chi connectivity index (χ3v) is 4.25. The number of hydrogen-bond donors (Lipinski definition) is 3. The van der Waals surface area contributed by atoms with Gasteiger partial charge >= 0.3 is 0 Å². The lowest BCUT2D eigenvalue weighted by molar-refractivity contribution is -0.114. The lowest BCUT2D eigenvalue weighted by atomic mass is 10.2. The van der Waals surface area contributed by atoms with E-state index in [9.17, 15) is 9.59 Å². The molecule has 0 fully saturated rings. The van der Waals surface area contributed by atoms with Crippen LogP contribution in [0.4, 0.5) is 11.5 Å². The number of aryl methyl sites for hydroxylation is 2. The van der Waals surface area contributed by atoms with E-state index in [0.29, 0.717) is 23.5 Å². The Balaban J connectivity index is 1.72. The fraction of sp³-hybridized carbons (Fsp3) is 0.308. The molecule has 22 heavy (non-hydrogen) atoms. The molecule has 1 aliphatic heterocycles. The average molecular weight is 318 g/mol. The van der Waals surface area contributed by atoms with Crippen LogP contribution >= 0.6 is 11.3 Å². The smallest absolute Gasteiger partial charge is 0.262 e. The molecule has 0 aliphatic carbocycles. The van der Waals surface area contributed by atoms with Crippen molar-refractivity contribution in [1.82, 2.24) is 20.3 Å². The normalized spacial score (nSPS) is 13.0. The Morgan fingerprint density at radius 3 is 3.05 bits per heavy atom. The number of carbonyl (C=O) groups is 2. The molecule has 0 spiro atoms. The summed E-state index contributed by atoms with van der Waals surface area (Å²) in [5.74, 6) is 0.256. The molecule has 8 nitrogen and oxygen atoms in total. The second kappa shape index (κ2) is 6.06. The molecule has 0 saturated heterocycles. The van der Waals surface area contributed by atoms with Crippen LogP contribution in [0.1, 0.15) is 20.4 Å². The number of rotatable bonds is 4. The van der Waals surface area contributed by atoms with E-state index in [1.165, 1.54) is 17.7 Å². The zero-order valence-electron chi connectivity index (χ0n) is 11.8. The van der Waals surface area contributed by atoms with Crippen molar-refractivity contribution in [3.63, 3.8) is 0 Å². The number of hydrogen-bond acceptors (Lipinski definition) is 7. The summed E-state index contributed by atoms with van der Waals surface area (Å²) in [4.78, 5) is 36.0. The largest absolute Gasteiger partial charge is 0.372 e. The molecule has 0 aromatic carbocycles. The highest BCUT2D eigenvalue weighted by Crippen LogP contribution is 2.26. The summed E-state index contributed by atoms with van der Waals surface area (Å²) in [6.07, 6.45) is 4.32. The minimum Gasteiger partial charge on any atom is -0.372 e. The van der Waals surface area contributed by atoms with E-state index in [-0.39, 0.29) is 18.4 Å². The van der Waals surface area contributed by atoms with E-state index in [0.717, 1.165) is 16.4 Å². The molecule has 2 aromatic heterocycles. The molecule has 1 aliphatic rings. The highest BCUT2D eigenvalue weighted by Gasteiger charge is 2.19. The molecule has 2 amide bonds. The Kier molecular flexibility index (Phi) is 3.96. The van der Waals surface area contributed by atoms with Gasteiger partial charge in [0.1, 0.15) is 11.2 Å². The molecule has 2 aromatic rings. The first-order valence-electron chi connectivity index (χ1n) is 6.71. The summed E-state index contributed by atoms with van der Waals surface area (Å²) in [5.41, 5.74) is 1.58. The van der Waals surface area contributed by atoms with Crippen molar-refractivity contribution in [3.05, 3.63) is 28.1 Å². The standard InChI is InChI=1S/C13H14N6O2S/c1-14-13(21)8-4-15-10(22-8)3-2-7-11-12(18-6-17-7)19-9(20)5-16-11/h4,6,16H,2-3,5H2,1H3,(H,14,21)(H,17,18,19,20). The van der Waals surface area contributed by atoms with Crippen LogP contribution in [-0.2, 0) is 17.6 Å². The Morgan fingerprint density at radius 2 is 2.23 bits per heavy atom. The van der Waals surface area contributed by atoms with E-state index in [1.807, 2.05) is 0 Å². The molecule has 3 N–H and O–H groups in total. The molecular weight excluding hydrogens is 304 g/mol. The number of anilines is 2. The summed E-state index contributed by atoms with van der Waals surface area (Å²) in [7, 11) is 1.59. The summed E-state index contributed by atoms with van der Waals surface area (Å²) in [6.45, 7) is 0.214. The maximum absolute atomic E-state index is 11.5. The SMILES string of the molecule is CNC(=O)c1cnc(CCc2ncnc3c2NCC(=O)N3)s1. The molecule has 0 atom stereocenters. The molecule has 0 bridgehead atoms. The lowest BCUT2D eigenvalue weighted by Gasteiger charge is -2.19. The monoisotopic (exact) mass is 318 g/mol. The maximum atomic E-state index is 11.5. The van der Waals surface area contributed by atoms with Gasteiger partial charge in [0.05, 0.1) is 29.1 Å². The highest BCUT2D eigenvalue weighted by molar-refractivity contribution is 7.13. The van der Waals surface area contributed by atoms with Crippen LogP contribution in [-0.4, -0.2) is 40.4 Å². The van der Waals surface area contributed by atoms with Crippen LogP contribution < -0.4 is 16.0 Å². The van der Waals surface area contributed by atoms with Crippen LogP contribution in [0.25, 0.3) is 0 Å². The maximum Gasteiger partial charge on any atom is 0.262 e. The summed E-state index contributed by atoms with van der Waals surface area (Å²) in [6, 6.07) is 0. The van der Waals surface area contributed by atoms with Crippen LogP contribution in [0.3, 0.4) is 0 Å². The minimum absolute atomic E-state index is 0.118. The second-order valence-electron chi connectivity index (χ2n) is 4.64. The van der Waals surface area contributed by atoms with Crippen molar-refractivity contribution in [2.45, 2.75) is 12.8 Å². The van der Waals surface area contributed by atoms with E-state index in [2.05, 4.69) is 30.9 Å². The van der Waals surface area contributed by atoms with E-state index >= 15 is 0 Å². The van der Waals surface area contributed by atoms with Gasteiger partial charge in [-0.25, -0.2) is 15.0 Å². The van der Waals surface area contributed by atoms with Crippen molar-refractivity contribution in [3.8, 4) is 0 Å². The van der Waals surface area contributed by atoms with Crippen molar-refractivity contribution in [2.75, 3.05) is 24.2 Å². The van der Waals surface area contributed by atoms with Crippen LogP contribution in [0.2, 0.25) is 0 Å². The predicted octanol–water partition coefficient (Wildman–Crippen LogP) is 0.442. The van der Waals surface area contributed by atoms with Crippen molar-refractivity contribution in [1.29, 1.82) is 0 Å². The van der Waals surface area contributed by atoms with Gasteiger partial charge in [-0.3, -0.25) is 9.59 Å². The van der Waals surface area contributed by atoms with Crippen LogP contribution in [0.5, 0.6) is 0 Å². The Bertz CT molecular complexity index is 729. The van der Waals surface area contributed by atoms with E-state index < -0.39 is 0 Å². The molecular formula is C13H14N6O2S. The van der Waals surface area contributed by atoms with Gasteiger partial charge in [-0.2, -0.15) is 0 Å². The lowest BCUT2D eigenvalue weighted by Crippen LogP contribution is -2.29. The zero-order chi connectivity index (χ0) is 15.5. The Morgan fingerprint density at radius 1 is 1.36 bits per heavy atom. The molecule has 3 rings (SSSR count). The molecule has 9 heteroatoms. The number of aromatic nitrogens is 3. The van der Waals surface area contributed by atoms with E-state index in [4.69, 9.17) is 0 Å². The molecule has 0 saturated carbocycles. The fourth-order valence-corrected chi connectivity index (χ4v) is 2.98. The zero-order valence-corrected chi connectivity index (χ0v) is 12.7. The van der Waals surface area contributed by atoms with E-state index in [1.54, 1.807) is 13.2 Å². The third-order valence-electron chi connectivity index (χ3n) is 3.19. The summed E-state index contributed by atoms with van der Waals surface area (Å²) >= 11 is 1.37. The van der Waals surface area contributed by atoms with Gasteiger partial charge in [0.25, 0.3) is 5.91 Å². The molecule has 114 valence electrons. The number of fused-ring (bicyclic) bond motifs is 1. The first-order chi connectivity index (χ1) is 10.7. The fourth-order valence-electron chi connectivity index (χ4n) is 2.12. The number of carbonyl (C=O) groups excluding carboxylic acids is 2. The first kappa shape index (κ1) is 14.4. The second-order valence-corrected chi connectivity index (χ2v) is 5.76. The number of thiazole rings is 1. The first-order valence-corrected chi connectivity index (χ1v) is 7.53. The van der Waals surface area contributed by atoms with Gasteiger partial charge in [0, 0.05) is 13.5 Å². The van der Waals surface area contributed by atoms with Gasteiger partial charge < -0.3 is 16.0 Å². The highest BCUT2D eigenvalue weighted by atomic mass is 32.1. The number of amides is 2. The topological polar surface area (TPSA) is 109 Å². The summed E-state index contributed by atoms with van der Waals surface area (Å²) in [5, 5.41) is 9.18. The van der Waals surface area contributed by atoms with Crippen molar-refractivity contribution < 1.29 is 9.59 Å². The average Bonchev–Trinajstić information content (AvgIpc) is 3.00. The Hall–Kier alpha value is -2.55. The third kappa shape index (κ3) is 2.89. The summed E-state index contributed by atoms with van der Waals surface area (Å²) < 4.78 is 0. The molecule has 0 radical (unpaired) electrons. The van der Waals surface area contributed by atoms with Gasteiger partial charge in [-0.05, 0) is 6.42 Å². The van der Waals surface area contributed by atoms with Crippen LogP contribution in [0, 0.1) is 0 Å². The molecule has 3 heterocycles. The number of nitrogens with zero attached hydrogens (tertiary/aromatic N) is 3. The quantitative estimate of drug-likeness (QED) is 0.755.